The number of nitrogens with one attached hydrogen (secondary N) is 3. The van der Waals surface area contributed by atoms with Gasteiger partial charge in [0.25, 0.3) is 0 Å². The first-order chi connectivity index (χ1) is 14.4. The van der Waals surface area contributed by atoms with Crippen LogP contribution in [0.3, 0.4) is 0 Å². The predicted molar refractivity (Wildman–Crippen MR) is 135 cm³/mol. The van der Waals surface area contributed by atoms with Gasteiger partial charge in [-0.1, -0.05) is 38.1 Å². The van der Waals surface area contributed by atoms with Crippen LogP contribution in [0.25, 0.3) is 0 Å². The molecule has 3 N–H and O–H groups in total. The molecule has 2 unspecified atom stereocenters. The molecule has 170 valence electrons. The zero-order chi connectivity index (χ0) is 21.9. The second kappa shape index (κ2) is 13.8. The summed E-state index contributed by atoms with van der Waals surface area (Å²) in [6.45, 7) is 6.75. The molecule has 0 aliphatic heterocycles. The van der Waals surface area contributed by atoms with E-state index in [-0.39, 0.29) is 53.5 Å². The summed E-state index contributed by atoms with van der Waals surface area (Å²) in [5, 5.41) is 9.34. The largest absolute Gasteiger partial charge is 0.486 e. The lowest BCUT2D eigenvalue weighted by molar-refractivity contribution is -0.119. The van der Waals surface area contributed by atoms with Crippen molar-refractivity contribution in [2.24, 2.45) is 10.9 Å². The standard InChI is InChI=1S/C23H31FN4O2.HI/c1-5-16(2)22(29)28-19-10-8-9-18(13-19)15-27-23(25-4)26-14-17(3)30-21-12-7-6-11-20(21)24;/h6-13,16-17H,5,14-15H2,1-4H3,(H,28,29)(H2,25,26,27);1H. The maximum absolute atomic E-state index is 13.7. The average molecular weight is 542 g/mol. The fraction of sp³-hybridized carbons (Fsp3) is 0.391. The fourth-order valence-electron chi connectivity index (χ4n) is 2.66. The normalized spacial score (nSPS) is 12.9. The Bertz CT molecular complexity index is 863. The summed E-state index contributed by atoms with van der Waals surface area (Å²) in [5.74, 6) is 0.443. The number of carbonyl (C=O) groups excluding carboxylic acids is 1. The number of amides is 1. The first-order valence-electron chi connectivity index (χ1n) is 10.2. The van der Waals surface area contributed by atoms with Gasteiger partial charge in [0.2, 0.25) is 5.91 Å². The van der Waals surface area contributed by atoms with Crippen LogP contribution in [0.4, 0.5) is 10.1 Å². The Morgan fingerprint density at radius 1 is 1.13 bits per heavy atom. The third kappa shape index (κ3) is 9.12. The Morgan fingerprint density at radius 2 is 1.87 bits per heavy atom. The van der Waals surface area contributed by atoms with Gasteiger partial charge in [0.1, 0.15) is 6.10 Å². The first-order valence-corrected chi connectivity index (χ1v) is 10.2. The third-order valence-corrected chi connectivity index (χ3v) is 4.66. The Hall–Kier alpha value is -2.36. The first kappa shape index (κ1) is 26.7. The highest BCUT2D eigenvalue weighted by atomic mass is 127. The van der Waals surface area contributed by atoms with Crippen LogP contribution in [0, 0.1) is 11.7 Å². The maximum atomic E-state index is 13.7. The number of benzene rings is 2. The summed E-state index contributed by atoms with van der Waals surface area (Å²) in [6.07, 6.45) is 0.549. The number of aliphatic imine (C=N–C) groups is 1. The van der Waals surface area contributed by atoms with E-state index in [2.05, 4.69) is 20.9 Å². The van der Waals surface area contributed by atoms with E-state index < -0.39 is 0 Å². The van der Waals surface area contributed by atoms with Gasteiger partial charge < -0.3 is 20.7 Å². The number of guanidine groups is 1. The van der Waals surface area contributed by atoms with Gasteiger partial charge in [0, 0.05) is 25.2 Å². The Morgan fingerprint density at radius 3 is 2.55 bits per heavy atom. The molecular formula is C23H32FIN4O2. The molecule has 0 spiro atoms. The predicted octanol–water partition coefficient (Wildman–Crippen LogP) is 4.56. The molecule has 0 aliphatic rings. The van der Waals surface area contributed by atoms with Gasteiger partial charge in [0.05, 0.1) is 6.54 Å². The molecule has 0 radical (unpaired) electrons. The molecule has 0 fully saturated rings. The van der Waals surface area contributed by atoms with E-state index in [1.165, 1.54) is 6.07 Å². The lowest BCUT2D eigenvalue weighted by Gasteiger charge is -2.18. The van der Waals surface area contributed by atoms with Crippen molar-refractivity contribution in [2.75, 3.05) is 18.9 Å². The van der Waals surface area contributed by atoms with Crippen molar-refractivity contribution >= 4 is 41.5 Å². The molecule has 0 saturated carbocycles. The minimum atomic E-state index is -0.382. The minimum Gasteiger partial charge on any atom is -0.486 e. The highest BCUT2D eigenvalue weighted by Crippen LogP contribution is 2.17. The van der Waals surface area contributed by atoms with Crippen molar-refractivity contribution in [3.05, 3.63) is 59.9 Å². The lowest BCUT2D eigenvalue weighted by Crippen LogP contribution is -2.41. The number of carbonyl (C=O) groups is 1. The summed E-state index contributed by atoms with van der Waals surface area (Å²) in [4.78, 5) is 16.3. The van der Waals surface area contributed by atoms with Crippen molar-refractivity contribution in [3.63, 3.8) is 0 Å². The number of hydrogen-bond donors (Lipinski definition) is 3. The zero-order valence-corrected chi connectivity index (χ0v) is 20.8. The quantitative estimate of drug-likeness (QED) is 0.247. The van der Waals surface area contributed by atoms with Gasteiger partial charge >= 0.3 is 0 Å². The summed E-state index contributed by atoms with van der Waals surface area (Å²) in [6, 6.07) is 14.0. The van der Waals surface area contributed by atoms with Crippen LogP contribution in [0.15, 0.2) is 53.5 Å². The van der Waals surface area contributed by atoms with Crippen molar-refractivity contribution in [1.82, 2.24) is 10.6 Å². The summed E-state index contributed by atoms with van der Waals surface area (Å²) in [7, 11) is 1.68. The minimum absolute atomic E-state index is 0. The van der Waals surface area contributed by atoms with Gasteiger partial charge in [-0.3, -0.25) is 9.79 Å². The van der Waals surface area contributed by atoms with Crippen molar-refractivity contribution in [1.29, 1.82) is 0 Å². The van der Waals surface area contributed by atoms with Crippen LogP contribution in [-0.4, -0.2) is 31.6 Å². The van der Waals surface area contributed by atoms with E-state index >= 15 is 0 Å². The third-order valence-electron chi connectivity index (χ3n) is 4.66. The molecular weight excluding hydrogens is 510 g/mol. The van der Waals surface area contributed by atoms with Gasteiger partial charge in [-0.25, -0.2) is 4.39 Å². The molecule has 8 heteroatoms. The number of anilines is 1. The Kier molecular flexibility index (Phi) is 11.9. The lowest BCUT2D eigenvalue weighted by atomic mass is 10.1. The Labute approximate surface area is 201 Å². The van der Waals surface area contributed by atoms with Crippen molar-refractivity contribution < 1.29 is 13.9 Å². The molecule has 2 rings (SSSR count). The van der Waals surface area contributed by atoms with Crippen LogP contribution >= 0.6 is 24.0 Å². The van der Waals surface area contributed by atoms with Gasteiger partial charge in [0.15, 0.2) is 17.5 Å². The van der Waals surface area contributed by atoms with E-state index in [1.54, 1.807) is 25.2 Å². The Balaban J connectivity index is 0.00000480. The van der Waals surface area contributed by atoms with Crippen molar-refractivity contribution in [3.8, 4) is 5.75 Å². The topological polar surface area (TPSA) is 74.8 Å². The summed E-state index contributed by atoms with van der Waals surface area (Å²) in [5.41, 5.74) is 1.78. The van der Waals surface area contributed by atoms with E-state index in [4.69, 9.17) is 4.74 Å². The molecule has 1 amide bonds. The van der Waals surface area contributed by atoms with E-state index in [9.17, 15) is 9.18 Å². The molecule has 31 heavy (non-hydrogen) atoms. The van der Waals surface area contributed by atoms with Crippen LogP contribution in [0.2, 0.25) is 0 Å². The fourth-order valence-corrected chi connectivity index (χ4v) is 2.66. The SMILES string of the molecule is CCC(C)C(=O)Nc1cccc(CNC(=NC)NCC(C)Oc2ccccc2F)c1.I. The maximum Gasteiger partial charge on any atom is 0.227 e. The van der Waals surface area contributed by atoms with Crippen LogP contribution in [0.1, 0.15) is 32.8 Å². The molecule has 0 heterocycles. The van der Waals surface area contributed by atoms with Gasteiger partial charge in [-0.2, -0.15) is 0 Å². The number of halogens is 2. The van der Waals surface area contributed by atoms with Crippen LogP contribution < -0.4 is 20.7 Å². The number of nitrogens with zero attached hydrogens (tertiary/aromatic N) is 1. The molecule has 2 atom stereocenters. The summed E-state index contributed by atoms with van der Waals surface area (Å²) >= 11 is 0. The monoisotopic (exact) mass is 542 g/mol. The number of hydrogen-bond acceptors (Lipinski definition) is 3. The summed E-state index contributed by atoms with van der Waals surface area (Å²) < 4.78 is 19.3. The van der Waals surface area contributed by atoms with E-state index in [0.29, 0.717) is 19.0 Å². The molecule has 2 aromatic carbocycles. The average Bonchev–Trinajstić information content (AvgIpc) is 2.75. The van der Waals surface area contributed by atoms with Gasteiger partial charge in [-0.15, -0.1) is 24.0 Å². The van der Waals surface area contributed by atoms with E-state index in [1.807, 2.05) is 45.0 Å². The van der Waals surface area contributed by atoms with E-state index in [0.717, 1.165) is 17.7 Å². The second-order valence-electron chi connectivity index (χ2n) is 7.16. The smallest absolute Gasteiger partial charge is 0.227 e. The van der Waals surface area contributed by atoms with Crippen molar-refractivity contribution in [2.45, 2.75) is 39.8 Å². The number of rotatable bonds is 9. The molecule has 0 saturated heterocycles. The molecule has 0 aliphatic carbocycles. The second-order valence-corrected chi connectivity index (χ2v) is 7.16. The molecule has 0 aromatic heterocycles. The number of para-hydroxylation sites is 1. The highest BCUT2D eigenvalue weighted by molar-refractivity contribution is 14.0. The van der Waals surface area contributed by atoms with Gasteiger partial charge in [-0.05, 0) is 43.2 Å². The number of ether oxygens (including phenoxy) is 1. The zero-order valence-electron chi connectivity index (χ0n) is 18.4. The van der Waals surface area contributed by atoms with Crippen LogP contribution in [-0.2, 0) is 11.3 Å². The highest BCUT2D eigenvalue weighted by Gasteiger charge is 2.11. The molecule has 6 nitrogen and oxygen atoms in total. The van der Waals surface area contributed by atoms with Crippen LogP contribution in [0.5, 0.6) is 5.75 Å². The molecule has 2 aromatic rings. The molecule has 0 bridgehead atoms.